The van der Waals surface area contributed by atoms with Crippen molar-refractivity contribution in [3.8, 4) is 22.6 Å². The van der Waals surface area contributed by atoms with Crippen molar-refractivity contribution in [3.05, 3.63) is 81.9 Å². The number of hydrogen-bond acceptors (Lipinski definition) is 6. The van der Waals surface area contributed by atoms with E-state index in [2.05, 4.69) is 44.2 Å². The molecule has 1 unspecified atom stereocenters. The summed E-state index contributed by atoms with van der Waals surface area (Å²) in [4.78, 5) is 11.9. The highest BCUT2D eigenvalue weighted by Crippen LogP contribution is 2.45. The molecule has 0 spiro atoms. The van der Waals surface area contributed by atoms with Gasteiger partial charge in [0.1, 0.15) is 11.5 Å². The molecule has 0 saturated carbocycles. The van der Waals surface area contributed by atoms with Crippen LogP contribution >= 0.6 is 0 Å². The van der Waals surface area contributed by atoms with Gasteiger partial charge in [-0.1, -0.05) is 30.3 Å². The Kier molecular flexibility index (Phi) is 7.44. The number of sulfonamides is 1. The van der Waals surface area contributed by atoms with Crippen LogP contribution in [0.3, 0.4) is 0 Å². The Morgan fingerprint density at radius 1 is 1.05 bits per heavy atom. The van der Waals surface area contributed by atoms with Gasteiger partial charge in [0.05, 0.1) is 18.0 Å². The number of phenolic OH excluding ortho intramolecular Hbond substituents is 1. The predicted molar refractivity (Wildman–Crippen MR) is 155 cm³/mol. The normalized spacial score (nSPS) is 20.2. The largest absolute Gasteiger partial charge is 0.508 e. The van der Waals surface area contributed by atoms with Crippen LogP contribution in [0.15, 0.2) is 48.5 Å². The average Bonchev–Trinajstić information content (AvgIpc) is 3.26. The van der Waals surface area contributed by atoms with Crippen LogP contribution in [0.1, 0.15) is 78.3 Å². The van der Waals surface area contributed by atoms with Crippen molar-refractivity contribution < 1.29 is 28.2 Å². The van der Waals surface area contributed by atoms with E-state index in [1.54, 1.807) is 26.0 Å². The molecule has 3 aromatic carbocycles. The molecule has 1 aliphatic heterocycles. The van der Waals surface area contributed by atoms with Crippen molar-refractivity contribution in [2.45, 2.75) is 70.8 Å². The molecule has 40 heavy (non-hydrogen) atoms. The molecule has 1 fully saturated rings. The number of rotatable bonds is 7. The van der Waals surface area contributed by atoms with Crippen LogP contribution in [0.2, 0.25) is 0 Å². The topological polar surface area (TPSA) is 113 Å². The molecular formula is C32H37NO6S. The number of aliphatic hydroxyl groups is 1. The van der Waals surface area contributed by atoms with Crippen molar-refractivity contribution in [2.75, 3.05) is 12.4 Å². The van der Waals surface area contributed by atoms with Crippen LogP contribution in [0.4, 0.5) is 0 Å². The maximum atomic E-state index is 12.0. The highest BCUT2D eigenvalue weighted by Gasteiger charge is 2.33. The maximum Gasteiger partial charge on any atom is 0.235 e. The fraction of sp³-hybridized carbons (Fsp3) is 0.406. The van der Waals surface area contributed by atoms with Crippen LogP contribution in [0, 0.1) is 13.8 Å². The fourth-order valence-corrected chi connectivity index (χ4v) is 7.55. The minimum Gasteiger partial charge on any atom is -0.508 e. The van der Waals surface area contributed by atoms with E-state index in [0.29, 0.717) is 18.6 Å². The maximum absolute atomic E-state index is 12.0. The monoisotopic (exact) mass is 563 g/mol. The van der Waals surface area contributed by atoms with Crippen LogP contribution in [-0.4, -0.2) is 42.5 Å². The number of hydrogen-bond donors (Lipinski definition) is 3. The van der Waals surface area contributed by atoms with E-state index >= 15 is 0 Å². The lowest BCUT2D eigenvalue weighted by atomic mass is 9.87. The number of phenols is 1. The molecule has 2 atom stereocenters. The van der Waals surface area contributed by atoms with Gasteiger partial charge in [-0.15, -0.1) is 0 Å². The molecule has 1 heterocycles. The van der Waals surface area contributed by atoms with E-state index in [4.69, 9.17) is 4.74 Å². The fourth-order valence-electron chi connectivity index (χ4n) is 6.21. The highest BCUT2D eigenvalue weighted by atomic mass is 32.2. The Hall–Kier alpha value is -3.36. The first kappa shape index (κ1) is 28.2. The first-order valence-electron chi connectivity index (χ1n) is 13.8. The molecule has 0 aromatic heterocycles. The van der Waals surface area contributed by atoms with E-state index in [-0.39, 0.29) is 23.8 Å². The second kappa shape index (κ2) is 10.6. The van der Waals surface area contributed by atoms with E-state index in [1.165, 1.54) is 22.3 Å². The van der Waals surface area contributed by atoms with Crippen molar-refractivity contribution in [3.63, 3.8) is 0 Å². The summed E-state index contributed by atoms with van der Waals surface area (Å²) in [5, 5.41) is 20.9. The Morgan fingerprint density at radius 3 is 2.42 bits per heavy atom. The molecule has 1 amide bonds. The first-order chi connectivity index (χ1) is 18.8. The number of carbonyl (C=O) groups excluding carboxylic acids is 1. The van der Waals surface area contributed by atoms with Crippen molar-refractivity contribution in [1.29, 1.82) is 0 Å². The molecule has 1 aliphatic carbocycles. The summed E-state index contributed by atoms with van der Waals surface area (Å²) in [6.07, 6.45) is 2.39. The van der Waals surface area contributed by atoms with Gasteiger partial charge in [-0.05, 0) is 103 Å². The Balaban J connectivity index is 1.41. The number of ether oxygens (including phenoxy) is 1. The lowest BCUT2D eigenvalue weighted by molar-refractivity contribution is -0.119. The third kappa shape index (κ3) is 5.88. The number of nitrogens with one attached hydrogen (secondary N) is 1. The lowest BCUT2D eigenvalue weighted by Gasteiger charge is -2.24. The third-order valence-corrected chi connectivity index (χ3v) is 9.43. The minimum absolute atomic E-state index is 0.0314. The molecule has 7 nitrogen and oxygen atoms in total. The van der Waals surface area contributed by atoms with Crippen molar-refractivity contribution in [1.82, 2.24) is 4.72 Å². The Morgan fingerprint density at radius 2 is 1.77 bits per heavy atom. The zero-order valence-electron chi connectivity index (χ0n) is 23.5. The Labute approximate surface area is 236 Å². The molecule has 212 valence electrons. The van der Waals surface area contributed by atoms with Gasteiger partial charge in [0.2, 0.25) is 15.9 Å². The first-order valence-corrected chi connectivity index (χ1v) is 15.4. The smallest absolute Gasteiger partial charge is 0.235 e. The summed E-state index contributed by atoms with van der Waals surface area (Å²) in [6, 6.07) is 16.0. The number of aryl methyl sites for hydroxylation is 2. The van der Waals surface area contributed by atoms with Crippen molar-refractivity contribution >= 4 is 15.9 Å². The zero-order valence-corrected chi connectivity index (χ0v) is 24.3. The van der Waals surface area contributed by atoms with Crippen LogP contribution in [-0.2, 0) is 21.2 Å². The molecule has 5 rings (SSSR count). The minimum atomic E-state index is -3.69. The quantitative estimate of drug-likeness (QED) is 0.363. The van der Waals surface area contributed by atoms with E-state index < -0.39 is 27.4 Å². The number of benzene rings is 3. The van der Waals surface area contributed by atoms with Gasteiger partial charge in [-0.3, -0.25) is 9.52 Å². The summed E-state index contributed by atoms with van der Waals surface area (Å²) in [5.41, 5.74) is 7.89. The molecule has 1 saturated heterocycles. The molecular weight excluding hydrogens is 526 g/mol. The molecule has 0 radical (unpaired) electrons. The summed E-state index contributed by atoms with van der Waals surface area (Å²) in [5.74, 6) is -0.391. The zero-order chi connectivity index (χ0) is 28.8. The third-order valence-electron chi connectivity index (χ3n) is 8.05. The average molecular weight is 564 g/mol. The Bertz CT molecular complexity index is 1550. The second-order valence-electron chi connectivity index (χ2n) is 11.8. The van der Waals surface area contributed by atoms with Gasteiger partial charge in [-0.2, -0.15) is 0 Å². The summed E-state index contributed by atoms with van der Waals surface area (Å²) >= 11 is 0. The van der Waals surface area contributed by atoms with Gasteiger partial charge < -0.3 is 14.9 Å². The van der Waals surface area contributed by atoms with Gasteiger partial charge in [0, 0.05) is 24.7 Å². The van der Waals surface area contributed by atoms with E-state index in [1.807, 2.05) is 10.8 Å². The second-order valence-corrected chi connectivity index (χ2v) is 13.6. The molecule has 3 aromatic rings. The number of carbonyl (C=O) groups is 1. The highest BCUT2D eigenvalue weighted by molar-refractivity contribution is 7.90. The van der Waals surface area contributed by atoms with E-state index in [9.17, 15) is 23.4 Å². The van der Waals surface area contributed by atoms with Gasteiger partial charge in [0.25, 0.3) is 0 Å². The molecule has 8 heteroatoms. The molecule has 3 N–H and O–H groups in total. The standard InChI is InChI=1S/C32H37NO6S/c1-19-14-23(39-13-12-32(3,4)36)15-20(2)31(19)28-7-5-6-26-24(10-11-27(26)28)21-8-9-25(29(34)16-21)22-17-30(35)33-40(37,38)18-22/h5-9,14-16,22,24,34,36H,10-13,17-18H2,1-4H3,(H,33,35)/t22?,24-/m1/s1. The molecule has 0 bridgehead atoms. The van der Waals surface area contributed by atoms with Crippen LogP contribution in [0.5, 0.6) is 11.5 Å². The predicted octanol–water partition coefficient (Wildman–Crippen LogP) is 5.23. The van der Waals surface area contributed by atoms with Crippen LogP contribution < -0.4 is 9.46 Å². The van der Waals surface area contributed by atoms with E-state index in [0.717, 1.165) is 35.3 Å². The summed E-state index contributed by atoms with van der Waals surface area (Å²) in [7, 11) is -3.69. The van der Waals surface area contributed by atoms with Crippen LogP contribution in [0.25, 0.3) is 11.1 Å². The summed E-state index contributed by atoms with van der Waals surface area (Å²) < 4.78 is 32.0. The SMILES string of the molecule is Cc1cc(OCCC(C)(C)O)cc(C)c1-c1cccc2c1CC[C@@H]2c1ccc(C2CC(=O)NS(=O)(=O)C2)c(O)c1. The number of fused-ring (bicyclic) bond motifs is 1. The number of aromatic hydroxyl groups is 1. The summed E-state index contributed by atoms with van der Waals surface area (Å²) in [6.45, 7) is 8.19. The lowest BCUT2D eigenvalue weighted by Crippen LogP contribution is -2.40. The molecule has 2 aliphatic rings. The number of amides is 1. The van der Waals surface area contributed by atoms with Gasteiger partial charge in [0.15, 0.2) is 0 Å². The van der Waals surface area contributed by atoms with Gasteiger partial charge >= 0.3 is 0 Å². The van der Waals surface area contributed by atoms with Gasteiger partial charge in [-0.25, -0.2) is 8.42 Å². The van der Waals surface area contributed by atoms with Crippen molar-refractivity contribution in [2.24, 2.45) is 0 Å².